The van der Waals surface area contributed by atoms with Crippen molar-refractivity contribution in [3.8, 4) is 0 Å². The van der Waals surface area contributed by atoms with Gasteiger partial charge in [0.1, 0.15) is 0 Å². The van der Waals surface area contributed by atoms with Crippen molar-refractivity contribution in [2.45, 2.75) is 6.42 Å². The molecule has 2 heterocycles. The van der Waals surface area contributed by atoms with Crippen LogP contribution in [0.25, 0.3) is 0 Å². The highest BCUT2D eigenvalue weighted by Crippen LogP contribution is 2.17. The van der Waals surface area contributed by atoms with E-state index >= 15 is 0 Å². The monoisotopic (exact) mass is 248 g/mol. The van der Waals surface area contributed by atoms with Crippen LogP contribution >= 0.6 is 0 Å². The summed E-state index contributed by atoms with van der Waals surface area (Å²) in [6.45, 7) is 2.94. The number of anilines is 1. The Labute approximate surface area is 108 Å². The van der Waals surface area contributed by atoms with Gasteiger partial charge < -0.3 is 15.5 Å². The number of carbonyl (C=O) groups excluding carboxylic acids is 1. The van der Waals surface area contributed by atoms with Gasteiger partial charge >= 0.3 is 0 Å². The first kappa shape index (κ1) is 12.8. The number of hydrogen-bond acceptors (Lipinski definition) is 4. The number of aromatic nitrogens is 1. The maximum atomic E-state index is 12.2. The average molecular weight is 248 g/mol. The van der Waals surface area contributed by atoms with Crippen molar-refractivity contribution in [3.63, 3.8) is 0 Å². The number of carbonyl (C=O) groups is 1. The number of rotatable bonds is 3. The van der Waals surface area contributed by atoms with E-state index in [4.69, 9.17) is 5.73 Å². The van der Waals surface area contributed by atoms with E-state index in [0.29, 0.717) is 17.2 Å². The molecule has 5 nitrogen and oxygen atoms in total. The fraction of sp³-hybridized carbons (Fsp3) is 0.538. The minimum atomic E-state index is -0.0462. The van der Waals surface area contributed by atoms with Crippen LogP contribution in [-0.4, -0.2) is 54.4 Å². The molecule has 5 heteroatoms. The summed E-state index contributed by atoms with van der Waals surface area (Å²) in [5, 5.41) is 0. The van der Waals surface area contributed by atoms with Gasteiger partial charge in [-0.2, -0.15) is 0 Å². The molecule has 0 aliphatic carbocycles. The molecule has 98 valence electrons. The molecule has 0 radical (unpaired) electrons. The van der Waals surface area contributed by atoms with Crippen LogP contribution in [0.5, 0.6) is 0 Å². The van der Waals surface area contributed by atoms with Crippen LogP contribution in [0.1, 0.15) is 16.8 Å². The van der Waals surface area contributed by atoms with Crippen LogP contribution in [0.4, 0.5) is 5.69 Å². The molecule has 0 spiro atoms. The quantitative estimate of drug-likeness (QED) is 0.854. The van der Waals surface area contributed by atoms with Gasteiger partial charge in [-0.25, -0.2) is 0 Å². The van der Waals surface area contributed by atoms with E-state index < -0.39 is 0 Å². The molecule has 2 rings (SSSR count). The molecular formula is C13H20N4O. The van der Waals surface area contributed by atoms with Crippen molar-refractivity contribution in [1.29, 1.82) is 0 Å². The standard InChI is InChI=1S/C13H20N4O/c1-16-6-4-10(8-16)9-17(2)13(18)11-7-15-5-3-12(11)14/h3,5,7,10H,4,6,8-9H2,1-2H3,(H2,14,15). The summed E-state index contributed by atoms with van der Waals surface area (Å²) in [7, 11) is 3.94. The highest BCUT2D eigenvalue weighted by molar-refractivity contribution is 5.98. The third-order valence-corrected chi connectivity index (χ3v) is 3.45. The molecule has 2 N–H and O–H groups in total. The van der Waals surface area contributed by atoms with Gasteiger partial charge in [-0.05, 0) is 32.0 Å². The van der Waals surface area contributed by atoms with E-state index in [1.807, 2.05) is 7.05 Å². The first-order chi connectivity index (χ1) is 8.58. The maximum Gasteiger partial charge on any atom is 0.257 e. The van der Waals surface area contributed by atoms with Crippen LogP contribution in [0, 0.1) is 5.92 Å². The highest BCUT2D eigenvalue weighted by atomic mass is 16.2. The Morgan fingerprint density at radius 2 is 2.44 bits per heavy atom. The van der Waals surface area contributed by atoms with Gasteiger partial charge in [-0.1, -0.05) is 0 Å². The van der Waals surface area contributed by atoms with Crippen LogP contribution in [0.15, 0.2) is 18.5 Å². The van der Waals surface area contributed by atoms with Crippen molar-refractivity contribution in [2.24, 2.45) is 5.92 Å². The molecule has 1 atom stereocenters. The molecule has 1 amide bonds. The van der Waals surface area contributed by atoms with Gasteiger partial charge in [0, 0.05) is 38.2 Å². The Balaban J connectivity index is 1.99. The van der Waals surface area contributed by atoms with Crippen LogP contribution in [0.2, 0.25) is 0 Å². The van der Waals surface area contributed by atoms with Crippen molar-refractivity contribution in [2.75, 3.05) is 39.5 Å². The number of amides is 1. The van der Waals surface area contributed by atoms with E-state index in [9.17, 15) is 4.79 Å². The summed E-state index contributed by atoms with van der Waals surface area (Å²) in [4.78, 5) is 20.2. The Kier molecular flexibility index (Phi) is 3.81. The number of nitrogen functional groups attached to an aromatic ring is 1. The van der Waals surface area contributed by atoms with E-state index in [-0.39, 0.29) is 5.91 Å². The lowest BCUT2D eigenvalue weighted by Gasteiger charge is -2.21. The second kappa shape index (κ2) is 5.35. The molecule has 1 saturated heterocycles. The number of nitrogens with zero attached hydrogens (tertiary/aromatic N) is 3. The highest BCUT2D eigenvalue weighted by Gasteiger charge is 2.23. The third-order valence-electron chi connectivity index (χ3n) is 3.45. The molecule has 1 aliphatic rings. The minimum Gasteiger partial charge on any atom is -0.398 e. The normalized spacial score (nSPS) is 20.0. The lowest BCUT2D eigenvalue weighted by atomic mass is 10.1. The van der Waals surface area contributed by atoms with E-state index in [0.717, 1.165) is 26.1 Å². The number of hydrogen-bond donors (Lipinski definition) is 1. The third kappa shape index (κ3) is 2.79. The lowest BCUT2D eigenvalue weighted by Crippen LogP contribution is -2.33. The van der Waals surface area contributed by atoms with Gasteiger partial charge in [-0.3, -0.25) is 9.78 Å². The van der Waals surface area contributed by atoms with Crippen molar-refractivity contribution < 1.29 is 4.79 Å². The maximum absolute atomic E-state index is 12.2. The molecule has 1 aliphatic heterocycles. The molecule has 0 aromatic carbocycles. The van der Waals surface area contributed by atoms with Crippen molar-refractivity contribution >= 4 is 11.6 Å². The molecule has 18 heavy (non-hydrogen) atoms. The fourth-order valence-corrected chi connectivity index (χ4v) is 2.44. The Bertz CT molecular complexity index is 435. The van der Waals surface area contributed by atoms with E-state index in [2.05, 4.69) is 16.9 Å². The zero-order valence-corrected chi connectivity index (χ0v) is 11.0. The SMILES string of the molecule is CN1CCC(CN(C)C(=O)c2cnccc2N)C1. The molecular weight excluding hydrogens is 228 g/mol. The van der Waals surface area contributed by atoms with E-state index in [1.54, 1.807) is 17.2 Å². The number of pyridine rings is 1. The summed E-state index contributed by atoms with van der Waals surface area (Å²) < 4.78 is 0. The molecule has 1 aromatic heterocycles. The second-order valence-electron chi connectivity index (χ2n) is 5.07. The number of nitrogens with two attached hydrogens (primary N) is 1. The van der Waals surface area contributed by atoms with Crippen LogP contribution < -0.4 is 5.73 Å². The molecule has 1 fully saturated rings. The first-order valence-corrected chi connectivity index (χ1v) is 6.21. The largest absolute Gasteiger partial charge is 0.398 e. The molecule has 1 aromatic rings. The zero-order valence-electron chi connectivity index (χ0n) is 11.0. The zero-order chi connectivity index (χ0) is 13.1. The minimum absolute atomic E-state index is 0.0462. The van der Waals surface area contributed by atoms with Gasteiger partial charge in [-0.15, -0.1) is 0 Å². The summed E-state index contributed by atoms with van der Waals surface area (Å²) in [6, 6.07) is 1.66. The Morgan fingerprint density at radius 1 is 1.67 bits per heavy atom. The lowest BCUT2D eigenvalue weighted by molar-refractivity contribution is 0.0774. The molecule has 0 saturated carbocycles. The number of likely N-dealkylation sites (tertiary alicyclic amines) is 1. The van der Waals surface area contributed by atoms with Crippen LogP contribution in [0.3, 0.4) is 0 Å². The topological polar surface area (TPSA) is 62.5 Å². The summed E-state index contributed by atoms with van der Waals surface area (Å²) in [6.07, 6.45) is 4.28. The molecule has 0 bridgehead atoms. The predicted molar refractivity (Wildman–Crippen MR) is 71.2 cm³/mol. The van der Waals surface area contributed by atoms with Gasteiger partial charge in [0.15, 0.2) is 0 Å². The second-order valence-corrected chi connectivity index (χ2v) is 5.07. The van der Waals surface area contributed by atoms with Crippen molar-refractivity contribution in [1.82, 2.24) is 14.8 Å². The average Bonchev–Trinajstić information content (AvgIpc) is 2.74. The van der Waals surface area contributed by atoms with Gasteiger partial charge in [0.25, 0.3) is 5.91 Å². The van der Waals surface area contributed by atoms with E-state index in [1.165, 1.54) is 6.20 Å². The summed E-state index contributed by atoms with van der Waals surface area (Å²) >= 11 is 0. The van der Waals surface area contributed by atoms with Crippen molar-refractivity contribution in [3.05, 3.63) is 24.0 Å². The van der Waals surface area contributed by atoms with Gasteiger partial charge in [0.2, 0.25) is 0 Å². The smallest absolute Gasteiger partial charge is 0.257 e. The van der Waals surface area contributed by atoms with Crippen LogP contribution in [-0.2, 0) is 0 Å². The summed E-state index contributed by atoms with van der Waals surface area (Å²) in [5.74, 6) is 0.511. The fourth-order valence-electron chi connectivity index (χ4n) is 2.44. The Morgan fingerprint density at radius 3 is 3.06 bits per heavy atom. The van der Waals surface area contributed by atoms with Gasteiger partial charge in [0.05, 0.1) is 5.56 Å². The predicted octanol–water partition coefficient (Wildman–Crippen LogP) is 0.687. The Hall–Kier alpha value is -1.62. The molecule has 1 unspecified atom stereocenters. The summed E-state index contributed by atoms with van der Waals surface area (Å²) in [5.41, 5.74) is 6.78. The first-order valence-electron chi connectivity index (χ1n) is 6.21.